The Morgan fingerprint density at radius 2 is 1.62 bits per heavy atom. The number of nitrogens with zero attached hydrogens (tertiary/aromatic N) is 1. The highest BCUT2D eigenvalue weighted by atomic mass is 16.4. The van der Waals surface area contributed by atoms with Crippen LogP contribution in [0.1, 0.15) is 44.2 Å². The lowest BCUT2D eigenvalue weighted by Crippen LogP contribution is -2.40. The average molecular weight is 646 g/mol. The summed E-state index contributed by atoms with van der Waals surface area (Å²) in [5, 5.41) is 54.2. The number of aromatic hydroxyl groups is 1. The van der Waals surface area contributed by atoms with Crippen LogP contribution >= 0.6 is 0 Å². The molecule has 0 saturated carbocycles. The van der Waals surface area contributed by atoms with E-state index in [9.17, 15) is 35.0 Å². The van der Waals surface area contributed by atoms with Gasteiger partial charge in [-0.2, -0.15) is 0 Å². The standard InChI is InChI=1S/C39H40BNO7/c1-23(2)31-21-32-37(39(46)41(38(32)45)28-12-8-11-27(20-28)40(47)48)33(22-42)36(31)35(44)18-15-25(24-9-4-3-5-10-24)19-26-16-17-34(43)30-14-7-6-13-29(26)30/h3-14,16-17,19-20,23,32-33,35,37,42-44,47-48H,15,18,21-22H2,1-2H3/b25-19-/t32-,33+,35-,37-/m1/s1. The van der Waals surface area contributed by atoms with Gasteiger partial charge < -0.3 is 25.4 Å². The molecule has 0 aromatic heterocycles. The molecule has 5 N–H and O–H groups in total. The third kappa shape index (κ3) is 6.22. The van der Waals surface area contributed by atoms with Crippen molar-refractivity contribution in [3.05, 3.63) is 113 Å². The quantitative estimate of drug-likeness (QED) is 0.0731. The monoisotopic (exact) mass is 645 g/mol. The molecule has 1 heterocycles. The highest BCUT2D eigenvalue weighted by molar-refractivity contribution is 6.58. The molecule has 8 nitrogen and oxygen atoms in total. The molecule has 1 saturated heterocycles. The Balaban J connectivity index is 1.33. The number of fused-ring (bicyclic) bond motifs is 2. The number of hydrogen-bond acceptors (Lipinski definition) is 7. The molecule has 1 aliphatic heterocycles. The maximum absolute atomic E-state index is 14.0. The zero-order valence-electron chi connectivity index (χ0n) is 27.0. The van der Waals surface area contributed by atoms with Crippen molar-refractivity contribution >= 4 is 52.5 Å². The van der Waals surface area contributed by atoms with E-state index in [1.54, 1.807) is 18.2 Å². The fourth-order valence-corrected chi connectivity index (χ4v) is 7.54. The van der Waals surface area contributed by atoms with Gasteiger partial charge in [-0.05, 0) is 76.5 Å². The van der Waals surface area contributed by atoms with Crippen molar-refractivity contribution in [3.8, 4) is 5.75 Å². The van der Waals surface area contributed by atoms with E-state index in [1.165, 1.54) is 12.1 Å². The number of benzene rings is 4. The number of rotatable bonds is 10. The van der Waals surface area contributed by atoms with Crippen molar-refractivity contribution < 1.29 is 35.0 Å². The molecular weight excluding hydrogens is 605 g/mol. The summed E-state index contributed by atoms with van der Waals surface area (Å²) in [5.41, 5.74) is 4.80. The van der Waals surface area contributed by atoms with Gasteiger partial charge >= 0.3 is 7.12 Å². The number of phenolic OH excluding ortho intramolecular Hbond substituents is 1. The topological polar surface area (TPSA) is 139 Å². The first kappa shape index (κ1) is 33.4. The summed E-state index contributed by atoms with van der Waals surface area (Å²) >= 11 is 0. The van der Waals surface area contributed by atoms with Crippen molar-refractivity contribution in [1.82, 2.24) is 0 Å². The molecule has 2 amide bonds. The van der Waals surface area contributed by atoms with Gasteiger partial charge in [0.25, 0.3) is 0 Å². The molecule has 0 unspecified atom stereocenters. The van der Waals surface area contributed by atoms with Gasteiger partial charge in [-0.15, -0.1) is 0 Å². The number of allylic oxidation sites excluding steroid dienone is 2. The third-order valence-electron chi connectivity index (χ3n) is 9.90. The van der Waals surface area contributed by atoms with Gasteiger partial charge in [-0.3, -0.25) is 14.5 Å². The lowest BCUT2D eigenvalue weighted by Gasteiger charge is -2.38. The van der Waals surface area contributed by atoms with Crippen molar-refractivity contribution in [3.63, 3.8) is 0 Å². The van der Waals surface area contributed by atoms with Crippen LogP contribution in [0.3, 0.4) is 0 Å². The number of aliphatic hydroxyl groups excluding tert-OH is 2. The molecule has 0 bridgehead atoms. The van der Waals surface area contributed by atoms with E-state index in [4.69, 9.17) is 0 Å². The Morgan fingerprint density at radius 1 is 0.917 bits per heavy atom. The Morgan fingerprint density at radius 3 is 2.31 bits per heavy atom. The maximum atomic E-state index is 14.0. The number of aliphatic hydroxyl groups is 2. The summed E-state index contributed by atoms with van der Waals surface area (Å²) in [7, 11) is -1.76. The first-order chi connectivity index (χ1) is 23.1. The Hall–Kier alpha value is -4.54. The first-order valence-electron chi connectivity index (χ1n) is 16.4. The fourth-order valence-electron chi connectivity index (χ4n) is 7.54. The van der Waals surface area contributed by atoms with E-state index in [1.807, 2.05) is 74.5 Å². The minimum absolute atomic E-state index is 0.0398. The molecule has 4 aromatic carbocycles. The maximum Gasteiger partial charge on any atom is 0.488 e. The number of imide groups is 1. The minimum atomic E-state index is -1.76. The molecular formula is C39H40BNO7. The highest BCUT2D eigenvalue weighted by Crippen LogP contribution is 2.49. The second-order valence-corrected chi connectivity index (χ2v) is 13.1. The summed E-state index contributed by atoms with van der Waals surface area (Å²) in [6, 6.07) is 27.2. The van der Waals surface area contributed by atoms with Crippen molar-refractivity contribution in [2.24, 2.45) is 23.7 Å². The van der Waals surface area contributed by atoms with Gasteiger partial charge in [0.15, 0.2) is 0 Å². The molecule has 9 heteroatoms. The van der Waals surface area contributed by atoms with Crippen LogP contribution in [0.5, 0.6) is 5.75 Å². The number of amides is 2. The third-order valence-corrected chi connectivity index (χ3v) is 9.90. The molecule has 6 rings (SSSR count). The lowest BCUT2D eigenvalue weighted by molar-refractivity contribution is -0.123. The molecule has 246 valence electrons. The van der Waals surface area contributed by atoms with Crippen LogP contribution in [0.25, 0.3) is 22.4 Å². The van der Waals surface area contributed by atoms with Crippen molar-refractivity contribution in [1.29, 1.82) is 0 Å². The molecule has 1 aliphatic carbocycles. The summed E-state index contributed by atoms with van der Waals surface area (Å²) in [6.45, 7) is 3.58. The van der Waals surface area contributed by atoms with Crippen LogP contribution in [0.15, 0.2) is 102 Å². The molecule has 0 spiro atoms. The van der Waals surface area contributed by atoms with Crippen LogP contribution < -0.4 is 10.4 Å². The van der Waals surface area contributed by atoms with Gasteiger partial charge in [0.1, 0.15) is 5.75 Å². The van der Waals surface area contributed by atoms with Gasteiger partial charge in [-0.1, -0.05) is 98.3 Å². The minimum Gasteiger partial charge on any atom is -0.507 e. The van der Waals surface area contributed by atoms with Gasteiger partial charge in [0.2, 0.25) is 11.8 Å². The molecule has 1 fully saturated rings. The average Bonchev–Trinajstić information content (AvgIpc) is 3.35. The van der Waals surface area contributed by atoms with Crippen molar-refractivity contribution in [2.75, 3.05) is 11.5 Å². The SMILES string of the molecule is CC(C)C1=C([C@H](O)CC/C(=C/c2ccc(O)c3ccccc23)c2ccccc2)[C@H](CO)[C@@H]2C(=O)N(c3cccc(B(O)O)c3)C(=O)[C@@H]2C1. The van der Waals surface area contributed by atoms with Crippen LogP contribution in [-0.2, 0) is 9.59 Å². The molecule has 4 aromatic rings. The van der Waals surface area contributed by atoms with Crippen molar-refractivity contribution in [2.45, 2.75) is 39.2 Å². The predicted octanol–water partition coefficient (Wildman–Crippen LogP) is 4.68. The summed E-state index contributed by atoms with van der Waals surface area (Å²) in [4.78, 5) is 28.8. The lowest BCUT2D eigenvalue weighted by atomic mass is 9.66. The zero-order valence-corrected chi connectivity index (χ0v) is 27.0. The van der Waals surface area contributed by atoms with E-state index in [2.05, 4.69) is 6.08 Å². The molecule has 2 aliphatic rings. The van der Waals surface area contributed by atoms with Crippen LogP contribution in [0.4, 0.5) is 5.69 Å². The number of hydrogen-bond donors (Lipinski definition) is 5. The van der Waals surface area contributed by atoms with Crippen LogP contribution in [0, 0.1) is 23.7 Å². The second kappa shape index (κ2) is 13.9. The first-order valence-corrected chi connectivity index (χ1v) is 16.4. The molecule has 0 radical (unpaired) electrons. The van der Waals surface area contributed by atoms with Gasteiger partial charge in [0.05, 0.1) is 30.2 Å². The van der Waals surface area contributed by atoms with E-state index in [0.29, 0.717) is 18.4 Å². The van der Waals surface area contributed by atoms with Gasteiger partial charge in [-0.25, -0.2) is 0 Å². The van der Waals surface area contributed by atoms with E-state index in [-0.39, 0.29) is 29.2 Å². The predicted molar refractivity (Wildman–Crippen MR) is 188 cm³/mol. The Kier molecular flexibility index (Phi) is 9.67. The molecule has 48 heavy (non-hydrogen) atoms. The van der Waals surface area contributed by atoms with E-state index >= 15 is 0 Å². The smallest absolute Gasteiger partial charge is 0.488 e. The number of carbonyl (C=O) groups excluding carboxylic acids is 2. The van der Waals surface area contributed by atoms with Gasteiger partial charge in [0, 0.05) is 11.3 Å². The molecule has 4 atom stereocenters. The number of phenols is 1. The van der Waals surface area contributed by atoms with Crippen LogP contribution in [0.2, 0.25) is 0 Å². The van der Waals surface area contributed by atoms with E-state index < -0.39 is 49.4 Å². The fraction of sp³-hybridized carbons (Fsp3) is 0.282. The number of anilines is 1. The normalized spacial score (nSPS) is 20.5. The summed E-state index contributed by atoms with van der Waals surface area (Å²) < 4.78 is 0. The second-order valence-electron chi connectivity index (χ2n) is 13.1. The Labute approximate surface area is 280 Å². The highest BCUT2D eigenvalue weighted by Gasteiger charge is 2.55. The summed E-state index contributed by atoms with van der Waals surface area (Å²) in [5.74, 6) is -3.01. The van der Waals surface area contributed by atoms with E-state index in [0.717, 1.165) is 37.9 Å². The zero-order chi connectivity index (χ0) is 34.1. The van der Waals surface area contributed by atoms with Crippen LogP contribution in [-0.4, -0.2) is 57.0 Å². The summed E-state index contributed by atoms with van der Waals surface area (Å²) in [6.07, 6.45) is 2.19. The largest absolute Gasteiger partial charge is 0.507 e. The number of carbonyl (C=O) groups is 2. The Bertz CT molecular complexity index is 1900.